The molecule has 0 unspecified atom stereocenters. The molecular formula is C25H24ClN3O4. The van der Waals surface area contributed by atoms with Crippen LogP contribution in [0.25, 0.3) is 0 Å². The summed E-state index contributed by atoms with van der Waals surface area (Å²) < 4.78 is 5.10. The van der Waals surface area contributed by atoms with Crippen LogP contribution in [0.3, 0.4) is 0 Å². The maximum Gasteiger partial charge on any atom is 0.320 e. The van der Waals surface area contributed by atoms with E-state index in [0.717, 1.165) is 11.1 Å². The molecule has 0 spiro atoms. The standard InChI is InChI=1S/C25H24ClN3O4/c26-22-13-11-21(12-14-22)25(32)28-27-23(30)18-33-24(31)17-29(15-19-7-3-1-4-8-19)16-20-9-5-2-6-10-20/h1-14H,15-18H2,(H,27,30)(H,28,32). The fraction of sp³-hybridized carbons (Fsp3) is 0.160. The predicted molar refractivity (Wildman–Crippen MR) is 125 cm³/mol. The lowest BCUT2D eigenvalue weighted by atomic mass is 10.1. The van der Waals surface area contributed by atoms with E-state index < -0.39 is 24.4 Å². The number of amides is 2. The van der Waals surface area contributed by atoms with Crippen molar-refractivity contribution >= 4 is 29.4 Å². The smallest absolute Gasteiger partial charge is 0.320 e. The van der Waals surface area contributed by atoms with Crippen LogP contribution in [0, 0.1) is 0 Å². The lowest BCUT2D eigenvalue weighted by Crippen LogP contribution is -2.44. The van der Waals surface area contributed by atoms with Crippen molar-refractivity contribution in [3.8, 4) is 0 Å². The van der Waals surface area contributed by atoms with Gasteiger partial charge in [0, 0.05) is 23.7 Å². The summed E-state index contributed by atoms with van der Waals surface area (Å²) in [5, 5.41) is 0.496. The van der Waals surface area contributed by atoms with Gasteiger partial charge in [0.15, 0.2) is 6.61 Å². The number of carbonyl (C=O) groups is 3. The molecule has 0 saturated heterocycles. The fourth-order valence-electron chi connectivity index (χ4n) is 3.06. The van der Waals surface area contributed by atoms with Crippen molar-refractivity contribution in [3.05, 3.63) is 107 Å². The van der Waals surface area contributed by atoms with Crippen LogP contribution in [0.15, 0.2) is 84.9 Å². The maximum absolute atomic E-state index is 12.4. The lowest BCUT2D eigenvalue weighted by Gasteiger charge is -2.21. The molecule has 0 aliphatic carbocycles. The molecule has 33 heavy (non-hydrogen) atoms. The van der Waals surface area contributed by atoms with Crippen LogP contribution >= 0.6 is 11.6 Å². The Bertz CT molecular complexity index is 1020. The van der Waals surface area contributed by atoms with Crippen LogP contribution in [0.4, 0.5) is 0 Å². The molecule has 2 amide bonds. The van der Waals surface area contributed by atoms with Crippen LogP contribution in [0.1, 0.15) is 21.5 Å². The number of halogens is 1. The number of benzene rings is 3. The molecule has 7 nitrogen and oxygen atoms in total. The van der Waals surface area contributed by atoms with E-state index in [1.165, 1.54) is 12.1 Å². The number of nitrogens with zero attached hydrogens (tertiary/aromatic N) is 1. The van der Waals surface area contributed by atoms with Gasteiger partial charge in [-0.25, -0.2) is 0 Å². The highest BCUT2D eigenvalue weighted by Gasteiger charge is 2.15. The lowest BCUT2D eigenvalue weighted by molar-refractivity contribution is -0.150. The summed E-state index contributed by atoms with van der Waals surface area (Å²) in [5.41, 5.74) is 6.93. The third-order valence-corrected chi connectivity index (χ3v) is 4.89. The Kier molecular flexibility index (Phi) is 8.99. The molecule has 170 valence electrons. The van der Waals surface area contributed by atoms with E-state index in [2.05, 4.69) is 10.9 Å². The Labute approximate surface area is 197 Å². The van der Waals surface area contributed by atoms with Gasteiger partial charge in [-0.3, -0.25) is 30.1 Å². The van der Waals surface area contributed by atoms with Gasteiger partial charge < -0.3 is 4.74 Å². The van der Waals surface area contributed by atoms with Crippen LogP contribution in [0.2, 0.25) is 5.02 Å². The van der Waals surface area contributed by atoms with Crippen molar-refractivity contribution in [2.45, 2.75) is 13.1 Å². The zero-order valence-corrected chi connectivity index (χ0v) is 18.6. The number of nitrogens with one attached hydrogen (secondary N) is 2. The van der Waals surface area contributed by atoms with E-state index in [0.29, 0.717) is 23.7 Å². The van der Waals surface area contributed by atoms with Crippen LogP contribution in [0.5, 0.6) is 0 Å². The Hall–Kier alpha value is -3.68. The molecule has 2 N–H and O–H groups in total. The van der Waals surface area contributed by atoms with Gasteiger partial charge in [0.2, 0.25) is 0 Å². The molecule has 8 heteroatoms. The molecular weight excluding hydrogens is 442 g/mol. The highest BCUT2D eigenvalue weighted by atomic mass is 35.5. The summed E-state index contributed by atoms with van der Waals surface area (Å²) in [6, 6.07) is 25.8. The van der Waals surface area contributed by atoms with Gasteiger partial charge in [-0.2, -0.15) is 0 Å². The molecule has 0 atom stereocenters. The molecule has 3 rings (SSSR count). The number of hydrogen-bond donors (Lipinski definition) is 2. The molecule has 0 saturated carbocycles. The van der Waals surface area contributed by atoms with E-state index in [9.17, 15) is 14.4 Å². The number of ether oxygens (including phenoxy) is 1. The van der Waals surface area contributed by atoms with E-state index in [1.807, 2.05) is 65.6 Å². The first-order valence-electron chi connectivity index (χ1n) is 10.3. The minimum Gasteiger partial charge on any atom is -0.455 e. The number of hydrogen-bond acceptors (Lipinski definition) is 5. The summed E-state index contributed by atoms with van der Waals surface area (Å²) in [5.74, 6) is -1.70. The molecule has 3 aromatic rings. The van der Waals surface area contributed by atoms with Crippen LogP contribution in [-0.4, -0.2) is 35.8 Å². The first-order valence-corrected chi connectivity index (χ1v) is 10.7. The summed E-state index contributed by atoms with van der Waals surface area (Å²) >= 11 is 5.79. The highest BCUT2D eigenvalue weighted by Crippen LogP contribution is 2.11. The monoisotopic (exact) mass is 465 g/mol. The van der Waals surface area contributed by atoms with Crippen LogP contribution in [-0.2, 0) is 27.4 Å². The van der Waals surface area contributed by atoms with Gasteiger partial charge in [-0.15, -0.1) is 0 Å². The zero-order valence-electron chi connectivity index (χ0n) is 17.9. The topological polar surface area (TPSA) is 87.7 Å². The molecule has 0 aliphatic rings. The van der Waals surface area contributed by atoms with E-state index in [-0.39, 0.29) is 6.54 Å². The van der Waals surface area contributed by atoms with Gasteiger partial charge in [-0.1, -0.05) is 72.3 Å². The minimum atomic E-state index is -0.650. The number of rotatable bonds is 9. The molecule has 0 fully saturated rings. The number of esters is 1. The first-order chi connectivity index (χ1) is 16.0. The first kappa shape index (κ1) is 24.0. The minimum absolute atomic E-state index is 0.00814. The van der Waals surface area contributed by atoms with Crippen molar-refractivity contribution in [1.82, 2.24) is 15.8 Å². The largest absolute Gasteiger partial charge is 0.455 e. The Morgan fingerprint density at radius 3 is 1.85 bits per heavy atom. The van der Waals surface area contributed by atoms with E-state index in [4.69, 9.17) is 16.3 Å². The average molecular weight is 466 g/mol. The molecule has 0 radical (unpaired) electrons. The molecule has 0 aromatic heterocycles. The van der Waals surface area contributed by atoms with Crippen LogP contribution < -0.4 is 10.9 Å². The number of hydrazine groups is 1. The van der Waals surface area contributed by atoms with Crippen molar-refractivity contribution in [2.24, 2.45) is 0 Å². The third kappa shape index (κ3) is 8.40. The molecule has 0 bridgehead atoms. The molecule has 0 aliphatic heterocycles. The van der Waals surface area contributed by atoms with Gasteiger partial charge in [0.05, 0.1) is 6.54 Å². The van der Waals surface area contributed by atoms with Gasteiger partial charge in [-0.05, 0) is 35.4 Å². The maximum atomic E-state index is 12.4. The summed E-state index contributed by atoms with van der Waals surface area (Å²) in [6.07, 6.45) is 0. The Morgan fingerprint density at radius 2 is 1.30 bits per heavy atom. The van der Waals surface area contributed by atoms with Crippen molar-refractivity contribution < 1.29 is 19.1 Å². The zero-order chi connectivity index (χ0) is 23.5. The second-order valence-corrected chi connectivity index (χ2v) is 7.72. The SMILES string of the molecule is O=C(COC(=O)CN(Cc1ccccc1)Cc1ccccc1)NNC(=O)c1ccc(Cl)cc1. The van der Waals surface area contributed by atoms with Gasteiger partial charge >= 0.3 is 5.97 Å². The van der Waals surface area contributed by atoms with Crippen molar-refractivity contribution in [2.75, 3.05) is 13.2 Å². The third-order valence-electron chi connectivity index (χ3n) is 4.64. The number of carbonyl (C=O) groups excluding carboxylic acids is 3. The Morgan fingerprint density at radius 1 is 0.758 bits per heavy atom. The molecule has 3 aromatic carbocycles. The summed E-state index contributed by atoms with van der Waals surface area (Å²) in [6.45, 7) is 0.598. The highest BCUT2D eigenvalue weighted by molar-refractivity contribution is 6.30. The normalized spacial score (nSPS) is 10.5. The molecule has 0 heterocycles. The quantitative estimate of drug-likeness (QED) is 0.374. The van der Waals surface area contributed by atoms with Crippen molar-refractivity contribution in [3.63, 3.8) is 0 Å². The Balaban J connectivity index is 1.47. The fourth-order valence-corrected chi connectivity index (χ4v) is 3.19. The second kappa shape index (κ2) is 12.4. The predicted octanol–water partition coefficient (Wildman–Crippen LogP) is 3.35. The average Bonchev–Trinajstić information content (AvgIpc) is 2.83. The summed E-state index contributed by atoms with van der Waals surface area (Å²) in [7, 11) is 0. The van der Waals surface area contributed by atoms with Gasteiger partial charge in [0.25, 0.3) is 11.8 Å². The van der Waals surface area contributed by atoms with E-state index >= 15 is 0 Å². The van der Waals surface area contributed by atoms with E-state index in [1.54, 1.807) is 12.1 Å². The van der Waals surface area contributed by atoms with Gasteiger partial charge in [0.1, 0.15) is 0 Å². The summed E-state index contributed by atoms with van der Waals surface area (Å²) in [4.78, 5) is 38.3. The second-order valence-electron chi connectivity index (χ2n) is 7.29. The van der Waals surface area contributed by atoms with Crippen molar-refractivity contribution in [1.29, 1.82) is 0 Å².